The number of carbonyl (C=O) groups excluding carboxylic acids is 3. The van der Waals surface area contributed by atoms with Crippen molar-refractivity contribution in [2.45, 2.75) is 69.3 Å². The van der Waals surface area contributed by atoms with E-state index in [4.69, 9.17) is 28.7 Å². The van der Waals surface area contributed by atoms with Crippen molar-refractivity contribution >= 4 is 35.6 Å². The molecule has 17 nitrogen and oxygen atoms in total. The molecular weight excluding hydrogens is 552 g/mol. The molecule has 3 amide bonds. The highest BCUT2D eigenvalue weighted by Gasteiger charge is 2.31. The van der Waals surface area contributed by atoms with Crippen molar-refractivity contribution in [3.63, 3.8) is 0 Å². The van der Waals surface area contributed by atoms with Gasteiger partial charge in [-0.3, -0.25) is 24.4 Å². The van der Waals surface area contributed by atoms with E-state index >= 15 is 0 Å². The molecule has 5 atom stereocenters. The van der Waals surface area contributed by atoms with E-state index in [2.05, 4.69) is 25.9 Å². The van der Waals surface area contributed by atoms with Gasteiger partial charge in [0.15, 0.2) is 11.9 Å². The van der Waals surface area contributed by atoms with Gasteiger partial charge in [-0.25, -0.2) is 4.79 Å². The molecular formula is C25H42N10O7. The number of nitrogens with one attached hydrogen (secondary N) is 3. The van der Waals surface area contributed by atoms with Gasteiger partial charge in [-0.1, -0.05) is 12.1 Å². The van der Waals surface area contributed by atoms with Gasteiger partial charge in [0, 0.05) is 19.5 Å². The summed E-state index contributed by atoms with van der Waals surface area (Å²) in [7, 11) is 0. The molecule has 0 heterocycles. The lowest BCUT2D eigenvalue weighted by Gasteiger charge is -2.25. The molecule has 1 rings (SSSR count). The number of phenols is 1. The van der Waals surface area contributed by atoms with Crippen LogP contribution in [0.4, 0.5) is 0 Å². The minimum absolute atomic E-state index is 0.00326. The molecule has 0 aliphatic rings. The van der Waals surface area contributed by atoms with Crippen molar-refractivity contribution in [3.8, 4) is 5.75 Å². The summed E-state index contributed by atoms with van der Waals surface area (Å²) < 4.78 is 0. The van der Waals surface area contributed by atoms with Gasteiger partial charge < -0.3 is 59.9 Å². The first-order valence-electron chi connectivity index (χ1n) is 13.2. The Bertz CT molecular complexity index is 1100. The molecule has 0 aliphatic heterocycles. The number of aliphatic imine (C=N–C) groups is 2. The zero-order valence-electron chi connectivity index (χ0n) is 23.4. The molecule has 234 valence electrons. The van der Waals surface area contributed by atoms with Crippen molar-refractivity contribution < 1.29 is 34.5 Å². The lowest BCUT2D eigenvalue weighted by atomic mass is 10.0. The molecule has 17 heteroatoms. The predicted molar refractivity (Wildman–Crippen MR) is 155 cm³/mol. The summed E-state index contributed by atoms with van der Waals surface area (Å²) in [5, 5.41) is 36.3. The number of carbonyl (C=O) groups is 4. The number of phenolic OH excluding ortho intramolecular Hbond substituents is 1. The SMILES string of the molecule is CC(O)C(N)C(=O)NC(Cc1ccc(O)cc1)C(=O)NC(CCCN=C(N)N)C(=O)NC(CCCN=C(N)N)C(=O)O. The molecule has 0 aliphatic carbocycles. The van der Waals surface area contributed by atoms with E-state index in [0.717, 1.165) is 0 Å². The van der Waals surface area contributed by atoms with E-state index in [-0.39, 0.29) is 62.9 Å². The van der Waals surface area contributed by atoms with Crippen LogP contribution >= 0.6 is 0 Å². The standard InChI is InChI=1S/C25H42N10O7/c1-13(36)19(26)22(40)35-18(12-14-6-8-15(37)9-7-14)21(39)33-16(4-2-10-31-24(27)28)20(38)34-17(23(41)42)5-3-11-32-25(29)30/h6-9,13,16-19,36-37H,2-5,10-12,26H2,1H3,(H,33,39)(H,34,38)(H,35,40)(H,41,42)(H4,27,28,31)(H4,29,30,32). The maximum absolute atomic E-state index is 13.4. The Balaban J connectivity index is 3.17. The smallest absolute Gasteiger partial charge is 0.326 e. The third kappa shape index (κ3) is 13.6. The number of aromatic hydroxyl groups is 1. The summed E-state index contributed by atoms with van der Waals surface area (Å²) in [6, 6.07) is 0.727. The number of nitrogens with two attached hydrogens (primary N) is 5. The van der Waals surface area contributed by atoms with Crippen molar-refractivity contribution in [1.82, 2.24) is 16.0 Å². The van der Waals surface area contributed by atoms with Crippen LogP contribution in [0.25, 0.3) is 0 Å². The van der Waals surface area contributed by atoms with Gasteiger partial charge in [-0.2, -0.15) is 0 Å². The van der Waals surface area contributed by atoms with Crippen molar-refractivity contribution in [3.05, 3.63) is 29.8 Å². The number of aliphatic hydroxyl groups is 1. The number of amides is 3. The van der Waals surface area contributed by atoms with Crippen molar-refractivity contribution in [2.75, 3.05) is 13.1 Å². The Kier molecular flexibility index (Phi) is 15.1. The van der Waals surface area contributed by atoms with E-state index in [9.17, 15) is 34.5 Å². The predicted octanol–water partition coefficient (Wildman–Crippen LogP) is -3.71. The minimum atomic E-state index is -1.34. The maximum atomic E-state index is 13.4. The summed E-state index contributed by atoms with van der Waals surface area (Å²) in [5.74, 6) is -4.03. The van der Waals surface area contributed by atoms with Crippen LogP contribution in [-0.2, 0) is 25.6 Å². The lowest BCUT2D eigenvalue weighted by molar-refractivity contribution is -0.142. The van der Waals surface area contributed by atoms with Crippen LogP contribution in [0.5, 0.6) is 5.75 Å². The van der Waals surface area contributed by atoms with Crippen LogP contribution in [0.1, 0.15) is 38.2 Å². The molecule has 1 aromatic carbocycles. The third-order valence-electron chi connectivity index (χ3n) is 5.97. The van der Waals surface area contributed by atoms with E-state index in [1.807, 2.05) is 0 Å². The maximum Gasteiger partial charge on any atom is 0.326 e. The van der Waals surface area contributed by atoms with E-state index in [0.29, 0.717) is 5.56 Å². The van der Waals surface area contributed by atoms with Gasteiger partial charge in [0.1, 0.15) is 29.9 Å². The quantitative estimate of drug-likeness (QED) is 0.0444. The first-order chi connectivity index (χ1) is 19.7. The Labute approximate surface area is 243 Å². The lowest BCUT2D eigenvalue weighted by Crippen LogP contribution is -2.58. The first-order valence-corrected chi connectivity index (χ1v) is 13.2. The molecule has 0 saturated carbocycles. The third-order valence-corrected chi connectivity index (χ3v) is 5.97. The second-order valence-corrected chi connectivity index (χ2v) is 9.56. The molecule has 16 N–H and O–H groups in total. The summed E-state index contributed by atoms with van der Waals surface area (Å²) >= 11 is 0. The molecule has 0 radical (unpaired) electrons. The molecule has 0 aromatic heterocycles. The average molecular weight is 595 g/mol. The number of aliphatic carboxylic acids is 1. The number of carboxylic acid groups (broad SMARTS) is 1. The van der Waals surface area contributed by atoms with Crippen LogP contribution in [-0.4, -0.2) is 94.3 Å². The number of hydrogen-bond acceptors (Lipinski definition) is 9. The normalized spacial score (nSPS) is 14.3. The van der Waals surface area contributed by atoms with Crippen LogP contribution < -0.4 is 44.6 Å². The largest absolute Gasteiger partial charge is 0.508 e. The zero-order valence-corrected chi connectivity index (χ0v) is 23.4. The molecule has 0 spiro atoms. The Morgan fingerprint density at radius 3 is 1.71 bits per heavy atom. The number of benzene rings is 1. The van der Waals surface area contributed by atoms with Gasteiger partial charge in [0.25, 0.3) is 0 Å². The van der Waals surface area contributed by atoms with Crippen molar-refractivity contribution in [1.29, 1.82) is 0 Å². The highest BCUT2D eigenvalue weighted by Crippen LogP contribution is 2.12. The monoisotopic (exact) mass is 594 g/mol. The molecule has 0 fully saturated rings. The molecule has 42 heavy (non-hydrogen) atoms. The number of carboxylic acids is 1. The summed E-state index contributed by atoms with van der Waals surface area (Å²) in [4.78, 5) is 58.6. The van der Waals surface area contributed by atoms with Crippen LogP contribution in [0.3, 0.4) is 0 Å². The summed E-state index contributed by atoms with van der Waals surface area (Å²) in [6.07, 6.45) is -0.766. The number of nitrogens with zero attached hydrogens (tertiary/aromatic N) is 2. The van der Waals surface area contributed by atoms with Crippen LogP contribution in [0.2, 0.25) is 0 Å². The number of hydrogen-bond donors (Lipinski definition) is 11. The van der Waals surface area contributed by atoms with Gasteiger partial charge in [0.05, 0.1) is 6.10 Å². The molecule has 5 unspecified atom stereocenters. The molecule has 1 aromatic rings. The average Bonchev–Trinajstić information content (AvgIpc) is 2.91. The van der Waals surface area contributed by atoms with E-state index in [1.165, 1.54) is 31.2 Å². The second-order valence-electron chi connectivity index (χ2n) is 9.56. The zero-order chi connectivity index (χ0) is 31.8. The fraction of sp³-hybridized carbons (Fsp3) is 0.520. The summed E-state index contributed by atoms with van der Waals surface area (Å²) in [6.45, 7) is 1.58. The number of rotatable bonds is 18. The topological polar surface area (TPSA) is 320 Å². The number of guanidine groups is 2. The number of aliphatic hydroxyl groups excluding tert-OH is 1. The van der Waals surface area contributed by atoms with Crippen molar-refractivity contribution in [2.24, 2.45) is 38.7 Å². The fourth-order valence-electron chi connectivity index (χ4n) is 3.64. The van der Waals surface area contributed by atoms with Crippen LogP contribution in [0.15, 0.2) is 34.3 Å². The minimum Gasteiger partial charge on any atom is -0.508 e. The Morgan fingerprint density at radius 2 is 1.24 bits per heavy atom. The second kappa shape index (κ2) is 17.9. The van der Waals surface area contributed by atoms with Gasteiger partial charge in [-0.15, -0.1) is 0 Å². The fourth-order valence-corrected chi connectivity index (χ4v) is 3.64. The highest BCUT2D eigenvalue weighted by atomic mass is 16.4. The first kappa shape index (κ1) is 35.4. The van der Waals surface area contributed by atoms with E-state index < -0.39 is 54.0 Å². The highest BCUT2D eigenvalue weighted by molar-refractivity contribution is 5.94. The Morgan fingerprint density at radius 1 is 0.786 bits per heavy atom. The van der Waals surface area contributed by atoms with Crippen LogP contribution in [0, 0.1) is 0 Å². The van der Waals surface area contributed by atoms with Gasteiger partial charge in [-0.05, 0) is 50.3 Å². The van der Waals surface area contributed by atoms with Gasteiger partial charge >= 0.3 is 5.97 Å². The summed E-state index contributed by atoms with van der Waals surface area (Å²) in [5.41, 5.74) is 27.5. The van der Waals surface area contributed by atoms with Gasteiger partial charge in [0.2, 0.25) is 17.7 Å². The molecule has 0 bridgehead atoms. The Hall–Kier alpha value is -4.64. The van der Waals surface area contributed by atoms with E-state index in [1.54, 1.807) is 0 Å². The molecule has 0 saturated heterocycles.